The largest absolute Gasteiger partial charge is 0.378 e. The standard InChI is InChI=1S/C23H27N5O4/c1-25(22(30)16-28-20-6-4-3-5-19(20)26(2)23(28)31)15-21(29)24-17-7-9-18(10-8-17)27-11-13-32-14-12-27/h3-10H,11-16H2,1-2H3,(H,24,29). The zero-order valence-corrected chi connectivity index (χ0v) is 18.3. The van der Waals surface area contributed by atoms with Crippen LogP contribution in [-0.4, -0.2) is 65.7 Å². The molecule has 1 aliphatic rings. The van der Waals surface area contributed by atoms with Gasteiger partial charge in [-0.25, -0.2) is 4.79 Å². The molecule has 0 spiro atoms. The third kappa shape index (κ3) is 4.52. The summed E-state index contributed by atoms with van der Waals surface area (Å²) in [5, 5.41) is 2.82. The summed E-state index contributed by atoms with van der Waals surface area (Å²) in [5.74, 6) is -0.619. The molecule has 1 saturated heterocycles. The number of amides is 2. The molecule has 1 fully saturated rings. The molecule has 0 saturated carbocycles. The molecular weight excluding hydrogens is 410 g/mol. The zero-order chi connectivity index (χ0) is 22.7. The van der Waals surface area contributed by atoms with Gasteiger partial charge in [0.15, 0.2) is 0 Å². The molecular formula is C23H27N5O4. The molecule has 9 nitrogen and oxygen atoms in total. The van der Waals surface area contributed by atoms with Crippen molar-refractivity contribution < 1.29 is 14.3 Å². The number of benzene rings is 2. The van der Waals surface area contributed by atoms with E-state index in [0.29, 0.717) is 24.4 Å². The predicted molar refractivity (Wildman–Crippen MR) is 123 cm³/mol. The van der Waals surface area contributed by atoms with Gasteiger partial charge in [-0.05, 0) is 36.4 Å². The number of aryl methyl sites for hydroxylation is 1. The molecule has 2 heterocycles. The molecule has 1 aromatic heterocycles. The summed E-state index contributed by atoms with van der Waals surface area (Å²) >= 11 is 0. The Bertz CT molecular complexity index is 1180. The van der Waals surface area contributed by atoms with Crippen LogP contribution in [0.2, 0.25) is 0 Å². The lowest BCUT2D eigenvalue weighted by Crippen LogP contribution is -2.38. The fourth-order valence-corrected chi connectivity index (χ4v) is 3.85. The van der Waals surface area contributed by atoms with Gasteiger partial charge in [-0.15, -0.1) is 0 Å². The number of likely N-dealkylation sites (N-methyl/N-ethyl adjacent to an activating group) is 1. The molecule has 168 valence electrons. The second kappa shape index (κ2) is 9.27. The fourth-order valence-electron chi connectivity index (χ4n) is 3.85. The van der Waals surface area contributed by atoms with Gasteiger partial charge in [0.25, 0.3) is 0 Å². The normalized spacial score (nSPS) is 13.9. The first-order valence-electron chi connectivity index (χ1n) is 10.5. The summed E-state index contributed by atoms with van der Waals surface area (Å²) in [7, 11) is 3.23. The van der Waals surface area contributed by atoms with Crippen LogP contribution in [0.4, 0.5) is 11.4 Å². The summed E-state index contributed by atoms with van der Waals surface area (Å²) in [6.07, 6.45) is 0. The summed E-state index contributed by atoms with van der Waals surface area (Å²) in [6, 6.07) is 14.9. The number of rotatable bonds is 6. The Labute approximate surface area is 185 Å². The molecule has 0 bridgehead atoms. The number of morpholine rings is 1. The minimum absolute atomic E-state index is 0.108. The Hall–Kier alpha value is -3.59. The Morgan fingerprint density at radius 2 is 1.69 bits per heavy atom. The number of nitrogens with one attached hydrogen (secondary N) is 1. The van der Waals surface area contributed by atoms with E-state index in [-0.39, 0.29) is 30.6 Å². The van der Waals surface area contributed by atoms with E-state index in [1.54, 1.807) is 20.2 Å². The van der Waals surface area contributed by atoms with Crippen molar-refractivity contribution >= 4 is 34.2 Å². The van der Waals surface area contributed by atoms with Crippen molar-refractivity contribution in [3.05, 3.63) is 59.0 Å². The lowest BCUT2D eigenvalue weighted by Gasteiger charge is -2.28. The van der Waals surface area contributed by atoms with Gasteiger partial charge in [0.05, 0.1) is 30.8 Å². The van der Waals surface area contributed by atoms with Crippen LogP contribution >= 0.6 is 0 Å². The van der Waals surface area contributed by atoms with Gasteiger partial charge in [0.1, 0.15) is 6.54 Å². The molecule has 1 N–H and O–H groups in total. The first-order chi connectivity index (χ1) is 15.4. The zero-order valence-electron chi connectivity index (χ0n) is 18.3. The van der Waals surface area contributed by atoms with E-state index in [4.69, 9.17) is 4.74 Å². The SMILES string of the molecule is CN(CC(=O)Nc1ccc(N2CCOCC2)cc1)C(=O)Cn1c(=O)n(C)c2ccccc21. The molecule has 9 heteroatoms. The van der Waals surface area contributed by atoms with E-state index >= 15 is 0 Å². The van der Waals surface area contributed by atoms with Crippen LogP contribution in [0.1, 0.15) is 0 Å². The number of nitrogens with zero attached hydrogens (tertiary/aromatic N) is 4. The van der Waals surface area contributed by atoms with E-state index in [1.165, 1.54) is 14.0 Å². The van der Waals surface area contributed by atoms with E-state index in [0.717, 1.165) is 24.3 Å². The third-order valence-corrected chi connectivity index (χ3v) is 5.68. The lowest BCUT2D eigenvalue weighted by atomic mass is 10.2. The minimum atomic E-state index is -0.318. The van der Waals surface area contributed by atoms with Crippen molar-refractivity contribution in [3.63, 3.8) is 0 Å². The molecule has 0 radical (unpaired) electrons. The Kier molecular flexibility index (Phi) is 6.27. The number of carbonyl (C=O) groups excluding carboxylic acids is 2. The maximum atomic E-state index is 12.7. The van der Waals surface area contributed by atoms with E-state index in [1.807, 2.05) is 42.5 Å². The van der Waals surface area contributed by atoms with Crippen LogP contribution in [0.5, 0.6) is 0 Å². The van der Waals surface area contributed by atoms with Crippen molar-refractivity contribution in [2.24, 2.45) is 7.05 Å². The second-order valence-electron chi connectivity index (χ2n) is 7.86. The number of fused-ring (bicyclic) bond motifs is 1. The van der Waals surface area contributed by atoms with Crippen molar-refractivity contribution in [1.29, 1.82) is 0 Å². The van der Waals surface area contributed by atoms with Crippen LogP contribution in [0.15, 0.2) is 53.3 Å². The molecule has 4 rings (SSSR count). The number of ether oxygens (including phenoxy) is 1. The highest BCUT2D eigenvalue weighted by molar-refractivity contribution is 5.94. The number of carbonyl (C=O) groups is 2. The van der Waals surface area contributed by atoms with Gasteiger partial charge in [-0.3, -0.25) is 18.7 Å². The van der Waals surface area contributed by atoms with Gasteiger partial charge in [-0.1, -0.05) is 12.1 Å². The topological polar surface area (TPSA) is 88.8 Å². The molecule has 2 amide bonds. The Morgan fingerprint density at radius 3 is 2.38 bits per heavy atom. The monoisotopic (exact) mass is 437 g/mol. The highest BCUT2D eigenvalue weighted by atomic mass is 16.5. The molecule has 0 unspecified atom stereocenters. The number of aromatic nitrogens is 2. The van der Waals surface area contributed by atoms with Crippen molar-refractivity contribution in [1.82, 2.24) is 14.0 Å². The average Bonchev–Trinajstić information content (AvgIpc) is 3.05. The molecule has 0 aliphatic carbocycles. The maximum Gasteiger partial charge on any atom is 0.329 e. The highest BCUT2D eigenvalue weighted by Gasteiger charge is 2.18. The maximum absolute atomic E-state index is 12.7. The lowest BCUT2D eigenvalue weighted by molar-refractivity contribution is -0.133. The molecule has 3 aromatic rings. The van der Waals surface area contributed by atoms with Gasteiger partial charge < -0.3 is 19.9 Å². The summed E-state index contributed by atoms with van der Waals surface area (Å²) in [6.45, 7) is 2.88. The molecule has 0 atom stereocenters. The number of hydrogen-bond donors (Lipinski definition) is 1. The van der Waals surface area contributed by atoms with Gasteiger partial charge in [0, 0.05) is 38.6 Å². The quantitative estimate of drug-likeness (QED) is 0.628. The predicted octanol–water partition coefficient (Wildman–Crippen LogP) is 1.27. The third-order valence-electron chi connectivity index (χ3n) is 5.68. The van der Waals surface area contributed by atoms with E-state index < -0.39 is 0 Å². The van der Waals surface area contributed by atoms with Crippen LogP contribution in [0.3, 0.4) is 0 Å². The van der Waals surface area contributed by atoms with Crippen LogP contribution in [0.25, 0.3) is 11.0 Å². The van der Waals surface area contributed by atoms with Gasteiger partial charge in [-0.2, -0.15) is 0 Å². The smallest absolute Gasteiger partial charge is 0.329 e. The summed E-state index contributed by atoms with van der Waals surface area (Å²) in [4.78, 5) is 41.2. The second-order valence-corrected chi connectivity index (χ2v) is 7.86. The fraction of sp³-hybridized carbons (Fsp3) is 0.348. The summed E-state index contributed by atoms with van der Waals surface area (Å²) in [5.41, 5.74) is 2.92. The summed E-state index contributed by atoms with van der Waals surface area (Å²) < 4.78 is 8.31. The van der Waals surface area contributed by atoms with Crippen LogP contribution < -0.4 is 15.9 Å². The first-order valence-corrected chi connectivity index (χ1v) is 10.5. The first kappa shape index (κ1) is 21.6. The average molecular weight is 438 g/mol. The molecule has 32 heavy (non-hydrogen) atoms. The Balaban J connectivity index is 1.35. The number of para-hydroxylation sites is 2. The van der Waals surface area contributed by atoms with E-state index in [2.05, 4.69) is 10.2 Å². The highest BCUT2D eigenvalue weighted by Crippen LogP contribution is 2.19. The van der Waals surface area contributed by atoms with Gasteiger partial charge in [0.2, 0.25) is 11.8 Å². The number of imidazole rings is 1. The number of anilines is 2. The van der Waals surface area contributed by atoms with Crippen LogP contribution in [0, 0.1) is 0 Å². The molecule has 1 aliphatic heterocycles. The Morgan fingerprint density at radius 1 is 1.03 bits per heavy atom. The minimum Gasteiger partial charge on any atom is -0.378 e. The van der Waals surface area contributed by atoms with Crippen molar-refractivity contribution in [3.8, 4) is 0 Å². The number of hydrogen-bond acceptors (Lipinski definition) is 5. The van der Waals surface area contributed by atoms with Crippen molar-refractivity contribution in [2.75, 3.05) is 50.1 Å². The van der Waals surface area contributed by atoms with Gasteiger partial charge >= 0.3 is 5.69 Å². The molecule has 2 aromatic carbocycles. The van der Waals surface area contributed by atoms with E-state index in [9.17, 15) is 14.4 Å². The van der Waals surface area contributed by atoms with Crippen molar-refractivity contribution in [2.45, 2.75) is 6.54 Å². The van der Waals surface area contributed by atoms with Crippen LogP contribution in [-0.2, 0) is 27.9 Å².